The average Bonchev–Trinajstić information content (AvgIpc) is 3.00. The number of allylic oxidation sites excluding steroid dienone is 1. The first-order valence-electron chi connectivity index (χ1n) is 12.2. The first kappa shape index (κ1) is 19.7. The lowest BCUT2D eigenvalue weighted by Gasteiger charge is -2.58. The smallest absolute Gasteiger partial charge is 0.198 e. The highest BCUT2D eigenvalue weighted by Gasteiger charge is 2.85. The van der Waals surface area contributed by atoms with Crippen molar-refractivity contribution in [2.45, 2.75) is 82.6 Å². The van der Waals surface area contributed by atoms with Crippen LogP contribution in [0.2, 0.25) is 0 Å². The Labute approximate surface area is 183 Å². The van der Waals surface area contributed by atoms with Gasteiger partial charge in [-0.1, -0.05) is 25.5 Å². The number of carbonyl (C=O) groups excluding carboxylic acids is 1. The van der Waals surface area contributed by atoms with Gasteiger partial charge >= 0.3 is 0 Å². The normalized spacial score (nSPS) is 53.5. The van der Waals surface area contributed by atoms with Gasteiger partial charge in [0.05, 0.1) is 32.5 Å². The topological polar surface area (TPSA) is 66.5 Å². The molecule has 3 heterocycles. The maximum Gasteiger partial charge on any atom is 0.198 e. The Morgan fingerprint density at radius 1 is 0.935 bits per heavy atom. The number of fused-ring (bicyclic) bond motifs is 7. The minimum Gasteiger partial charge on any atom is -0.360 e. The first-order valence-corrected chi connectivity index (χ1v) is 12.2. The number of ether oxygens (including phenoxy) is 5. The lowest BCUT2D eigenvalue weighted by Crippen LogP contribution is -2.62. The largest absolute Gasteiger partial charge is 0.360 e. The maximum atomic E-state index is 13.9. The molecule has 0 bridgehead atoms. The summed E-state index contributed by atoms with van der Waals surface area (Å²) >= 11 is 0. The highest BCUT2D eigenvalue weighted by molar-refractivity contribution is 5.85. The molecule has 31 heavy (non-hydrogen) atoms. The number of carbonyl (C=O) groups is 1. The molecule has 0 amide bonds. The van der Waals surface area contributed by atoms with Crippen molar-refractivity contribution in [3.63, 3.8) is 0 Å². The number of hydrogen-bond acceptors (Lipinski definition) is 6. The Hall–Kier alpha value is -0.790. The molecule has 4 aliphatic carbocycles. The zero-order chi connectivity index (χ0) is 21.3. The van der Waals surface area contributed by atoms with E-state index < -0.39 is 17.2 Å². The molecule has 0 aromatic carbocycles. The second kappa shape index (κ2) is 5.82. The van der Waals surface area contributed by atoms with Crippen molar-refractivity contribution in [2.75, 3.05) is 26.4 Å². The van der Waals surface area contributed by atoms with Crippen molar-refractivity contribution < 1.29 is 28.5 Å². The van der Waals surface area contributed by atoms with Crippen LogP contribution in [0.4, 0.5) is 0 Å². The second-order valence-corrected chi connectivity index (χ2v) is 11.7. The zero-order valence-electron chi connectivity index (χ0n) is 18.9. The standard InChI is InChI=1S/C25H34O6/c1-21-6-7-24(29-10-11-30-24)13-15(21)4-5-16-17-12-19-25(31-19,23(3)27-8-9-28-23)22(17,2)14-18(26)20(16)21/h4,16-17,19-20H,5-14H2,1-3H3/t16?,17?,19-,20?,21+,22+,25-/m1/s1. The van der Waals surface area contributed by atoms with Crippen LogP contribution in [0.3, 0.4) is 0 Å². The van der Waals surface area contributed by atoms with E-state index in [-0.39, 0.29) is 22.9 Å². The van der Waals surface area contributed by atoms with E-state index in [1.54, 1.807) is 0 Å². The summed E-state index contributed by atoms with van der Waals surface area (Å²) in [5.41, 5.74) is 0.605. The van der Waals surface area contributed by atoms with Gasteiger partial charge in [-0.3, -0.25) is 4.79 Å². The summed E-state index contributed by atoms with van der Waals surface area (Å²) in [5, 5.41) is 0. The summed E-state index contributed by atoms with van der Waals surface area (Å²) in [5.74, 6) is 0.168. The third-order valence-electron chi connectivity index (χ3n) is 10.6. The van der Waals surface area contributed by atoms with Crippen LogP contribution in [0.15, 0.2) is 11.6 Å². The third-order valence-corrected chi connectivity index (χ3v) is 10.6. The van der Waals surface area contributed by atoms with E-state index in [0.717, 1.165) is 32.1 Å². The van der Waals surface area contributed by atoms with E-state index in [4.69, 9.17) is 23.7 Å². The summed E-state index contributed by atoms with van der Waals surface area (Å²) in [6.45, 7) is 9.23. The van der Waals surface area contributed by atoms with Gasteiger partial charge < -0.3 is 23.7 Å². The molecule has 7 atom stereocenters. The number of epoxide rings is 1. The summed E-state index contributed by atoms with van der Waals surface area (Å²) < 4.78 is 30.7. The van der Waals surface area contributed by atoms with Crippen molar-refractivity contribution in [2.24, 2.45) is 28.6 Å². The Bertz CT molecular complexity index is 869. The summed E-state index contributed by atoms with van der Waals surface area (Å²) in [6.07, 6.45) is 7.80. The van der Waals surface area contributed by atoms with Crippen LogP contribution < -0.4 is 0 Å². The van der Waals surface area contributed by atoms with Gasteiger partial charge in [0.15, 0.2) is 17.2 Å². The number of rotatable bonds is 1. The fourth-order valence-electron chi connectivity index (χ4n) is 9.17. The molecule has 3 unspecified atom stereocenters. The quantitative estimate of drug-likeness (QED) is 0.469. The van der Waals surface area contributed by atoms with Gasteiger partial charge in [-0.2, -0.15) is 0 Å². The number of Topliss-reactive ketones (excluding diaryl/α,β-unsaturated/α-hetero) is 1. The van der Waals surface area contributed by atoms with Crippen molar-refractivity contribution in [3.05, 3.63) is 11.6 Å². The highest BCUT2D eigenvalue weighted by Crippen LogP contribution is 2.75. The molecule has 1 spiro atoms. The Kier molecular flexibility index (Phi) is 3.69. The van der Waals surface area contributed by atoms with E-state index in [0.29, 0.717) is 50.5 Å². The molecule has 0 N–H and O–H groups in total. The SMILES string of the molecule is CC1([C@@]23O[C@@H]2CC2C4CC=C5CC6(CC[C@]5(C)C4C(=O)C[C@@]23C)OCCO6)OCCO1. The molecular formula is C25H34O6. The van der Waals surface area contributed by atoms with Crippen LogP contribution in [0.5, 0.6) is 0 Å². The van der Waals surface area contributed by atoms with Gasteiger partial charge in [-0.25, -0.2) is 0 Å². The van der Waals surface area contributed by atoms with E-state index in [1.165, 1.54) is 5.57 Å². The van der Waals surface area contributed by atoms with Gasteiger partial charge in [0.25, 0.3) is 0 Å². The van der Waals surface area contributed by atoms with Crippen molar-refractivity contribution in [1.29, 1.82) is 0 Å². The lowest BCUT2D eigenvalue weighted by atomic mass is 9.46. The van der Waals surface area contributed by atoms with Crippen LogP contribution in [0, 0.1) is 28.6 Å². The molecule has 6 heteroatoms. The fourth-order valence-corrected chi connectivity index (χ4v) is 9.17. The summed E-state index contributed by atoms with van der Waals surface area (Å²) in [4.78, 5) is 13.9. The zero-order valence-corrected chi connectivity index (χ0v) is 18.9. The maximum absolute atomic E-state index is 13.9. The van der Waals surface area contributed by atoms with Gasteiger partial charge in [0.1, 0.15) is 5.78 Å². The van der Waals surface area contributed by atoms with Gasteiger partial charge in [-0.15, -0.1) is 0 Å². The van der Waals surface area contributed by atoms with Gasteiger partial charge in [0, 0.05) is 30.6 Å². The van der Waals surface area contributed by atoms with E-state index in [2.05, 4.69) is 19.9 Å². The highest BCUT2D eigenvalue weighted by atomic mass is 16.8. The lowest BCUT2D eigenvalue weighted by molar-refractivity contribution is -0.233. The minimum absolute atomic E-state index is 0.0764. The molecule has 7 rings (SSSR count). The Morgan fingerprint density at radius 2 is 1.65 bits per heavy atom. The van der Waals surface area contributed by atoms with Crippen LogP contribution in [-0.4, -0.2) is 55.5 Å². The molecular weight excluding hydrogens is 396 g/mol. The molecule has 3 aliphatic heterocycles. The predicted octanol–water partition coefficient (Wildman–Crippen LogP) is 3.38. The monoisotopic (exact) mass is 430 g/mol. The molecule has 0 aromatic heterocycles. The van der Waals surface area contributed by atoms with Crippen molar-refractivity contribution in [1.82, 2.24) is 0 Å². The van der Waals surface area contributed by atoms with E-state index in [1.807, 2.05) is 6.92 Å². The van der Waals surface area contributed by atoms with E-state index >= 15 is 0 Å². The van der Waals surface area contributed by atoms with Crippen molar-refractivity contribution in [3.8, 4) is 0 Å². The number of hydrogen-bond donors (Lipinski definition) is 0. The number of ketones is 1. The second-order valence-electron chi connectivity index (χ2n) is 11.7. The summed E-state index contributed by atoms with van der Waals surface area (Å²) in [7, 11) is 0. The minimum atomic E-state index is -0.734. The fraction of sp³-hybridized carbons (Fsp3) is 0.880. The van der Waals surface area contributed by atoms with Gasteiger partial charge in [0.2, 0.25) is 0 Å². The molecule has 3 saturated carbocycles. The van der Waals surface area contributed by atoms with Crippen molar-refractivity contribution >= 4 is 5.78 Å². The van der Waals surface area contributed by atoms with Crippen LogP contribution in [-0.2, 0) is 28.5 Å². The molecule has 0 aromatic rings. The molecule has 0 radical (unpaired) electrons. The van der Waals surface area contributed by atoms with Gasteiger partial charge in [-0.05, 0) is 43.4 Å². The third kappa shape index (κ3) is 2.15. The molecule has 6 nitrogen and oxygen atoms in total. The molecule has 6 fully saturated rings. The van der Waals surface area contributed by atoms with Crippen LogP contribution in [0.1, 0.15) is 59.3 Å². The average molecular weight is 431 g/mol. The Balaban J connectivity index is 1.25. The molecule has 170 valence electrons. The predicted molar refractivity (Wildman–Crippen MR) is 110 cm³/mol. The molecule has 3 saturated heterocycles. The first-order chi connectivity index (χ1) is 14.8. The van der Waals surface area contributed by atoms with Crippen LogP contribution in [0.25, 0.3) is 0 Å². The Morgan fingerprint density at radius 3 is 2.39 bits per heavy atom. The summed E-state index contributed by atoms with van der Waals surface area (Å²) in [6, 6.07) is 0. The van der Waals surface area contributed by atoms with E-state index in [9.17, 15) is 4.79 Å². The molecule has 7 aliphatic rings. The van der Waals surface area contributed by atoms with Crippen LogP contribution >= 0.6 is 0 Å².